The number of carbonyl (C=O) groups is 1. The monoisotopic (exact) mass is 241 g/mol. The maximum atomic E-state index is 11.5. The Hall–Kier alpha value is -1.59. The Bertz CT molecular complexity index is 481. The molecule has 1 rings (SSSR count). The number of nitrogens with one attached hydrogen (secondary N) is 1. The third-order valence-electron chi connectivity index (χ3n) is 2.73. The van der Waals surface area contributed by atoms with Crippen LogP contribution < -0.4 is 11.4 Å². The number of unbranched alkanes of at least 4 members (excludes halogenated alkanes) is 2. The second-order valence-corrected chi connectivity index (χ2v) is 4.16. The van der Waals surface area contributed by atoms with Gasteiger partial charge in [-0.05, 0) is 6.42 Å². The minimum absolute atomic E-state index is 0.134. The van der Waals surface area contributed by atoms with E-state index in [-0.39, 0.29) is 12.3 Å². The van der Waals surface area contributed by atoms with E-state index >= 15 is 0 Å². The first-order chi connectivity index (χ1) is 8.06. The number of Topliss-reactive ketones (excluding diaryl/α,β-unsaturated/α-hetero) is 1. The molecule has 0 radical (unpaired) electrons. The van der Waals surface area contributed by atoms with Gasteiger partial charge in [-0.25, -0.2) is 23.9 Å². The maximum absolute atomic E-state index is 11.5. The van der Waals surface area contributed by atoms with Gasteiger partial charge in [0.05, 0.1) is 6.54 Å². The van der Waals surface area contributed by atoms with E-state index in [9.17, 15) is 14.4 Å². The number of aromatic nitrogens is 3. The van der Waals surface area contributed by atoms with E-state index in [1.807, 2.05) is 0 Å². The number of carbonyl (C=O) groups excluding carboxylic acids is 1. The Morgan fingerprint density at radius 3 is 2.47 bits per heavy atom. The van der Waals surface area contributed by atoms with Crippen molar-refractivity contribution in [2.45, 2.75) is 45.6 Å². The zero-order valence-corrected chi connectivity index (χ0v) is 10.4. The summed E-state index contributed by atoms with van der Waals surface area (Å²) in [6, 6.07) is 0. The molecule has 1 aromatic heterocycles. The van der Waals surface area contributed by atoms with Crippen molar-refractivity contribution in [2.75, 3.05) is 0 Å². The fourth-order valence-corrected chi connectivity index (χ4v) is 1.59. The van der Waals surface area contributed by atoms with Gasteiger partial charge in [0, 0.05) is 19.9 Å². The van der Waals surface area contributed by atoms with E-state index in [0.717, 1.165) is 23.8 Å². The molecule has 0 bridgehead atoms. The molecule has 0 amide bonds. The van der Waals surface area contributed by atoms with Gasteiger partial charge in [-0.1, -0.05) is 19.8 Å². The molecular formula is C11H19N3O3. The van der Waals surface area contributed by atoms with Crippen LogP contribution in [0.1, 0.15) is 39.0 Å². The van der Waals surface area contributed by atoms with Crippen molar-refractivity contribution in [1.82, 2.24) is 14.3 Å². The predicted molar refractivity (Wildman–Crippen MR) is 64.1 cm³/mol. The summed E-state index contributed by atoms with van der Waals surface area (Å²) in [4.78, 5) is 34.0. The van der Waals surface area contributed by atoms with Crippen LogP contribution >= 0.6 is 0 Å². The van der Waals surface area contributed by atoms with Gasteiger partial charge in [-0.2, -0.15) is 0 Å². The topological polar surface area (TPSA) is 76.9 Å². The first kappa shape index (κ1) is 13.5. The highest BCUT2D eigenvalue weighted by atomic mass is 16.2. The molecule has 0 fully saturated rings. The number of hydrogen-bond donors (Lipinski definition) is 1. The lowest BCUT2D eigenvalue weighted by Gasteiger charge is -2.00. The van der Waals surface area contributed by atoms with Crippen molar-refractivity contribution in [3.63, 3.8) is 0 Å². The molecule has 0 aromatic carbocycles. The largest absolute Gasteiger partial charge is 0.346 e. The number of hydrogen-bond acceptors (Lipinski definition) is 3. The van der Waals surface area contributed by atoms with Crippen LogP contribution in [0.25, 0.3) is 0 Å². The van der Waals surface area contributed by atoms with Gasteiger partial charge in [0.2, 0.25) is 0 Å². The third-order valence-corrected chi connectivity index (χ3v) is 2.73. The van der Waals surface area contributed by atoms with Crippen molar-refractivity contribution in [3.05, 3.63) is 21.0 Å². The SMILES string of the molecule is CCCCCC(=O)CCn1[nH]c(=O)n(C)c1=O. The van der Waals surface area contributed by atoms with Gasteiger partial charge >= 0.3 is 11.4 Å². The fourth-order valence-electron chi connectivity index (χ4n) is 1.59. The Morgan fingerprint density at radius 1 is 1.24 bits per heavy atom. The standard InChI is InChI=1S/C11H19N3O3/c1-3-4-5-6-9(15)7-8-14-11(17)13(2)10(16)12-14/h3-8H2,1-2H3,(H,12,16). The van der Waals surface area contributed by atoms with E-state index in [2.05, 4.69) is 12.0 Å². The number of aryl methyl sites for hydroxylation is 1. The summed E-state index contributed by atoms with van der Waals surface area (Å²) in [6.07, 6.45) is 3.88. The molecular weight excluding hydrogens is 222 g/mol. The highest BCUT2D eigenvalue weighted by Crippen LogP contribution is 2.02. The summed E-state index contributed by atoms with van der Waals surface area (Å²) in [5, 5.41) is 2.39. The van der Waals surface area contributed by atoms with Crippen LogP contribution in [0.15, 0.2) is 9.59 Å². The Labute approximate surface area is 99.2 Å². The van der Waals surface area contributed by atoms with Crippen LogP contribution in [0.4, 0.5) is 0 Å². The van der Waals surface area contributed by atoms with E-state index in [0.29, 0.717) is 12.8 Å². The first-order valence-corrected chi connectivity index (χ1v) is 5.93. The van der Waals surface area contributed by atoms with E-state index in [4.69, 9.17) is 0 Å². The van der Waals surface area contributed by atoms with Crippen molar-refractivity contribution >= 4 is 5.78 Å². The number of nitrogens with zero attached hydrogens (tertiary/aromatic N) is 2. The van der Waals surface area contributed by atoms with E-state index < -0.39 is 11.4 Å². The van der Waals surface area contributed by atoms with E-state index in [1.54, 1.807) is 0 Å². The molecule has 0 unspecified atom stereocenters. The molecule has 1 N–H and O–H groups in total. The molecule has 6 heteroatoms. The fraction of sp³-hybridized carbons (Fsp3) is 0.727. The molecule has 0 saturated heterocycles. The zero-order valence-electron chi connectivity index (χ0n) is 10.4. The zero-order chi connectivity index (χ0) is 12.8. The highest BCUT2D eigenvalue weighted by molar-refractivity contribution is 5.78. The van der Waals surface area contributed by atoms with Crippen LogP contribution in [0.5, 0.6) is 0 Å². The van der Waals surface area contributed by atoms with Crippen molar-refractivity contribution in [2.24, 2.45) is 7.05 Å². The van der Waals surface area contributed by atoms with Gasteiger partial charge in [0.25, 0.3) is 0 Å². The number of ketones is 1. The van der Waals surface area contributed by atoms with Crippen LogP contribution in [-0.2, 0) is 18.4 Å². The summed E-state index contributed by atoms with van der Waals surface area (Å²) < 4.78 is 2.17. The molecule has 0 saturated carbocycles. The lowest BCUT2D eigenvalue weighted by Crippen LogP contribution is -2.26. The van der Waals surface area contributed by atoms with Gasteiger partial charge in [-0.15, -0.1) is 0 Å². The number of aromatic amines is 1. The molecule has 0 atom stereocenters. The number of H-pyrrole nitrogens is 1. The molecule has 0 aliphatic heterocycles. The second kappa shape index (κ2) is 6.22. The molecule has 96 valence electrons. The normalized spacial score (nSPS) is 10.7. The summed E-state index contributed by atoms with van der Waals surface area (Å²) in [7, 11) is 1.40. The van der Waals surface area contributed by atoms with Crippen LogP contribution in [0.3, 0.4) is 0 Å². The molecule has 17 heavy (non-hydrogen) atoms. The Morgan fingerprint density at radius 2 is 1.94 bits per heavy atom. The van der Waals surface area contributed by atoms with Gasteiger partial charge in [0.1, 0.15) is 5.78 Å². The smallest absolute Gasteiger partial charge is 0.300 e. The van der Waals surface area contributed by atoms with Crippen molar-refractivity contribution < 1.29 is 4.79 Å². The molecule has 0 aliphatic carbocycles. The van der Waals surface area contributed by atoms with Crippen molar-refractivity contribution in [1.29, 1.82) is 0 Å². The molecule has 1 aromatic rings. The highest BCUT2D eigenvalue weighted by Gasteiger charge is 2.07. The van der Waals surface area contributed by atoms with Gasteiger partial charge < -0.3 is 0 Å². The molecule has 0 spiro atoms. The lowest BCUT2D eigenvalue weighted by molar-refractivity contribution is -0.119. The Kier molecular flexibility index (Phi) is 4.93. The average molecular weight is 241 g/mol. The average Bonchev–Trinajstić information content (AvgIpc) is 2.54. The molecule has 0 aliphatic rings. The predicted octanol–water partition coefficient (Wildman–Crippen LogP) is 0.415. The molecule has 1 heterocycles. The Balaban J connectivity index is 2.45. The second-order valence-electron chi connectivity index (χ2n) is 4.16. The van der Waals surface area contributed by atoms with Gasteiger partial charge in [0.15, 0.2) is 0 Å². The quantitative estimate of drug-likeness (QED) is 0.702. The summed E-state index contributed by atoms with van der Waals surface area (Å²) in [5.74, 6) is 0.134. The van der Waals surface area contributed by atoms with Crippen LogP contribution in [0.2, 0.25) is 0 Å². The minimum Gasteiger partial charge on any atom is -0.300 e. The first-order valence-electron chi connectivity index (χ1n) is 5.93. The van der Waals surface area contributed by atoms with E-state index in [1.165, 1.54) is 11.7 Å². The van der Waals surface area contributed by atoms with Crippen LogP contribution in [0, 0.1) is 0 Å². The summed E-state index contributed by atoms with van der Waals surface area (Å²) >= 11 is 0. The summed E-state index contributed by atoms with van der Waals surface area (Å²) in [5.41, 5.74) is -0.857. The van der Waals surface area contributed by atoms with Crippen molar-refractivity contribution in [3.8, 4) is 0 Å². The molecule has 6 nitrogen and oxygen atoms in total. The number of rotatable bonds is 7. The summed E-state index contributed by atoms with van der Waals surface area (Å²) in [6.45, 7) is 2.33. The lowest BCUT2D eigenvalue weighted by atomic mass is 10.1. The third kappa shape index (κ3) is 3.72. The minimum atomic E-state index is -0.451. The maximum Gasteiger partial charge on any atom is 0.346 e. The van der Waals surface area contributed by atoms with Crippen LogP contribution in [-0.4, -0.2) is 20.1 Å². The van der Waals surface area contributed by atoms with Gasteiger partial charge in [-0.3, -0.25) is 4.79 Å².